The van der Waals surface area contributed by atoms with Crippen molar-refractivity contribution in [1.29, 1.82) is 0 Å². The Kier molecular flexibility index (Phi) is 3.48. The second kappa shape index (κ2) is 5.44. The van der Waals surface area contributed by atoms with Gasteiger partial charge in [-0.15, -0.1) is 0 Å². The molecule has 0 bridgehead atoms. The summed E-state index contributed by atoms with van der Waals surface area (Å²) >= 11 is 0. The molecule has 2 N–H and O–H groups in total. The largest absolute Gasteiger partial charge is 0.497 e. The maximum Gasteiger partial charge on any atom is 0.196 e. The van der Waals surface area contributed by atoms with Gasteiger partial charge in [-0.2, -0.15) is 0 Å². The number of nitrogens with two attached hydrogens (primary N) is 1. The highest BCUT2D eigenvalue weighted by Gasteiger charge is 2.28. The molecule has 1 aliphatic rings. The first-order valence-corrected chi connectivity index (χ1v) is 6.67. The topological polar surface area (TPSA) is 50.9 Å². The molecule has 0 spiro atoms. The van der Waals surface area contributed by atoms with Gasteiger partial charge in [-0.1, -0.05) is 12.1 Å². The van der Waals surface area contributed by atoms with Crippen molar-refractivity contribution in [3.63, 3.8) is 0 Å². The van der Waals surface area contributed by atoms with E-state index >= 15 is 0 Å². The highest BCUT2D eigenvalue weighted by atomic mass is 19.1. The molecule has 21 heavy (non-hydrogen) atoms. The molecule has 4 nitrogen and oxygen atoms in total. The first-order valence-electron chi connectivity index (χ1n) is 6.67. The van der Waals surface area contributed by atoms with Crippen LogP contribution in [0.1, 0.15) is 11.6 Å². The fourth-order valence-corrected chi connectivity index (χ4v) is 2.49. The van der Waals surface area contributed by atoms with Crippen LogP contribution in [0.3, 0.4) is 0 Å². The minimum atomic E-state index is -0.269. The lowest BCUT2D eigenvalue weighted by Crippen LogP contribution is -2.36. The van der Waals surface area contributed by atoms with Crippen LogP contribution in [0.15, 0.2) is 53.5 Å². The number of hydrogen-bond acceptors (Lipinski definition) is 4. The second-order valence-electron chi connectivity index (χ2n) is 4.83. The number of anilines is 1. The Bertz CT molecular complexity index is 652. The van der Waals surface area contributed by atoms with Crippen molar-refractivity contribution in [2.24, 2.45) is 10.7 Å². The minimum Gasteiger partial charge on any atom is -0.497 e. The molecule has 0 saturated carbocycles. The van der Waals surface area contributed by atoms with Crippen LogP contribution in [0, 0.1) is 5.82 Å². The Hall–Kier alpha value is -2.56. The van der Waals surface area contributed by atoms with Crippen LogP contribution >= 0.6 is 0 Å². The van der Waals surface area contributed by atoms with Gasteiger partial charge in [0.15, 0.2) is 5.96 Å². The Labute approximate surface area is 122 Å². The molecule has 0 fully saturated rings. The van der Waals surface area contributed by atoms with Gasteiger partial charge in [0.05, 0.1) is 19.7 Å². The first kappa shape index (κ1) is 13.4. The molecule has 3 rings (SSSR count). The molecule has 0 aromatic heterocycles. The average Bonchev–Trinajstić information content (AvgIpc) is 2.90. The molecule has 5 heteroatoms. The highest BCUT2D eigenvalue weighted by Crippen LogP contribution is 2.31. The van der Waals surface area contributed by atoms with Crippen LogP contribution in [-0.4, -0.2) is 19.6 Å². The Morgan fingerprint density at radius 3 is 2.43 bits per heavy atom. The number of ether oxygens (including phenoxy) is 1. The van der Waals surface area contributed by atoms with Crippen molar-refractivity contribution in [2.75, 3.05) is 18.6 Å². The molecule has 1 aliphatic heterocycles. The Morgan fingerprint density at radius 1 is 1.14 bits per heavy atom. The van der Waals surface area contributed by atoms with Gasteiger partial charge in [0.1, 0.15) is 11.6 Å². The van der Waals surface area contributed by atoms with E-state index in [2.05, 4.69) is 4.99 Å². The number of halogens is 1. The number of nitrogens with zero attached hydrogens (tertiary/aromatic N) is 2. The zero-order valence-corrected chi connectivity index (χ0v) is 11.7. The van der Waals surface area contributed by atoms with Gasteiger partial charge < -0.3 is 15.4 Å². The van der Waals surface area contributed by atoms with Crippen molar-refractivity contribution < 1.29 is 9.13 Å². The van der Waals surface area contributed by atoms with Crippen molar-refractivity contribution in [3.8, 4) is 5.75 Å². The van der Waals surface area contributed by atoms with Crippen LogP contribution in [-0.2, 0) is 0 Å². The van der Waals surface area contributed by atoms with Crippen molar-refractivity contribution in [2.45, 2.75) is 6.04 Å². The lowest BCUT2D eigenvalue weighted by Gasteiger charge is -2.26. The summed E-state index contributed by atoms with van der Waals surface area (Å²) in [7, 11) is 1.64. The third kappa shape index (κ3) is 2.54. The summed E-state index contributed by atoms with van der Waals surface area (Å²) in [6, 6.07) is 14.1. The summed E-state index contributed by atoms with van der Waals surface area (Å²) in [4.78, 5) is 6.23. The summed E-state index contributed by atoms with van der Waals surface area (Å²) in [5, 5.41) is 0. The van der Waals surface area contributed by atoms with Crippen molar-refractivity contribution in [1.82, 2.24) is 0 Å². The molecular formula is C16H16FN3O. The zero-order valence-electron chi connectivity index (χ0n) is 11.7. The molecule has 0 saturated heterocycles. The van der Waals surface area contributed by atoms with Gasteiger partial charge in [0.2, 0.25) is 0 Å². The number of benzene rings is 2. The van der Waals surface area contributed by atoms with E-state index in [-0.39, 0.29) is 11.9 Å². The second-order valence-corrected chi connectivity index (χ2v) is 4.83. The van der Waals surface area contributed by atoms with Crippen LogP contribution < -0.4 is 15.4 Å². The maximum absolute atomic E-state index is 13.1. The predicted molar refractivity (Wildman–Crippen MR) is 81.1 cm³/mol. The highest BCUT2D eigenvalue weighted by molar-refractivity contribution is 5.97. The number of rotatable bonds is 3. The normalized spacial score (nSPS) is 17.7. The Morgan fingerprint density at radius 2 is 1.81 bits per heavy atom. The van der Waals surface area contributed by atoms with Crippen molar-refractivity contribution in [3.05, 3.63) is 59.9 Å². The van der Waals surface area contributed by atoms with E-state index in [1.54, 1.807) is 19.2 Å². The fourth-order valence-electron chi connectivity index (χ4n) is 2.49. The molecule has 2 aromatic carbocycles. The molecule has 1 heterocycles. The zero-order chi connectivity index (χ0) is 14.8. The molecule has 2 aromatic rings. The van der Waals surface area contributed by atoms with Crippen LogP contribution in [0.25, 0.3) is 0 Å². The average molecular weight is 285 g/mol. The van der Waals surface area contributed by atoms with E-state index in [4.69, 9.17) is 10.5 Å². The third-order valence-corrected chi connectivity index (χ3v) is 3.59. The van der Waals surface area contributed by atoms with E-state index in [1.165, 1.54) is 12.1 Å². The van der Waals surface area contributed by atoms with E-state index in [0.717, 1.165) is 17.0 Å². The summed E-state index contributed by atoms with van der Waals surface area (Å²) in [5.41, 5.74) is 7.91. The number of guanidine groups is 1. The van der Waals surface area contributed by atoms with Gasteiger partial charge in [0, 0.05) is 5.69 Å². The van der Waals surface area contributed by atoms with E-state index in [9.17, 15) is 4.39 Å². The molecule has 0 amide bonds. The van der Waals surface area contributed by atoms with Crippen LogP contribution in [0.2, 0.25) is 0 Å². The predicted octanol–water partition coefficient (Wildman–Crippen LogP) is 2.71. The molecule has 0 aliphatic carbocycles. The van der Waals surface area contributed by atoms with E-state index in [0.29, 0.717) is 12.5 Å². The van der Waals surface area contributed by atoms with Gasteiger partial charge in [-0.05, 0) is 42.0 Å². The maximum atomic E-state index is 13.1. The monoisotopic (exact) mass is 285 g/mol. The van der Waals surface area contributed by atoms with E-state index < -0.39 is 0 Å². The Balaban J connectivity index is 1.92. The SMILES string of the molecule is COc1ccc(C2CN=C(N)N2c2ccc(F)cc2)cc1. The quantitative estimate of drug-likeness (QED) is 0.943. The molecule has 1 atom stereocenters. The van der Waals surface area contributed by atoms with Gasteiger partial charge in [-0.3, -0.25) is 4.99 Å². The van der Waals surface area contributed by atoms with Crippen LogP contribution in [0.4, 0.5) is 10.1 Å². The summed E-state index contributed by atoms with van der Waals surface area (Å²) in [6.07, 6.45) is 0. The summed E-state index contributed by atoms with van der Waals surface area (Å²) in [6.45, 7) is 0.579. The van der Waals surface area contributed by atoms with Gasteiger partial charge >= 0.3 is 0 Å². The van der Waals surface area contributed by atoms with Crippen LogP contribution in [0.5, 0.6) is 5.75 Å². The molecule has 0 radical (unpaired) electrons. The number of hydrogen-bond donors (Lipinski definition) is 1. The fraction of sp³-hybridized carbons (Fsp3) is 0.188. The minimum absolute atomic E-state index is 0.0152. The van der Waals surface area contributed by atoms with Crippen molar-refractivity contribution >= 4 is 11.6 Å². The van der Waals surface area contributed by atoms with E-state index in [1.807, 2.05) is 29.2 Å². The number of methoxy groups -OCH3 is 1. The smallest absolute Gasteiger partial charge is 0.196 e. The molecule has 1 unspecified atom stereocenters. The first-order chi connectivity index (χ1) is 10.2. The molecule has 108 valence electrons. The molecular weight excluding hydrogens is 269 g/mol. The van der Waals surface area contributed by atoms with Gasteiger partial charge in [0.25, 0.3) is 0 Å². The lowest BCUT2D eigenvalue weighted by atomic mass is 10.1. The third-order valence-electron chi connectivity index (χ3n) is 3.59. The van der Waals surface area contributed by atoms with Gasteiger partial charge in [-0.25, -0.2) is 4.39 Å². The lowest BCUT2D eigenvalue weighted by molar-refractivity contribution is 0.414. The number of aliphatic imine (C=N–C) groups is 1. The standard InChI is InChI=1S/C16H16FN3O/c1-21-14-8-2-11(3-9-14)15-10-19-16(18)20(15)13-6-4-12(17)5-7-13/h2-9,15H,10H2,1H3,(H2,18,19). The summed E-state index contributed by atoms with van der Waals surface area (Å²) < 4.78 is 18.2. The summed E-state index contributed by atoms with van der Waals surface area (Å²) in [5.74, 6) is 0.982.